The van der Waals surface area contributed by atoms with Crippen LogP contribution < -0.4 is 10.6 Å². The summed E-state index contributed by atoms with van der Waals surface area (Å²) in [5.41, 5.74) is 0.491. The number of amidine groups is 1. The summed E-state index contributed by atoms with van der Waals surface area (Å²) in [7, 11) is 0. The molecule has 0 saturated carbocycles. The van der Waals surface area contributed by atoms with Gasteiger partial charge < -0.3 is 10.6 Å². The molecule has 5 nitrogen and oxygen atoms in total. The van der Waals surface area contributed by atoms with Crippen molar-refractivity contribution in [3.63, 3.8) is 0 Å². The molecule has 1 aromatic rings. The number of benzene rings is 1. The van der Waals surface area contributed by atoms with Crippen molar-refractivity contribution in [1.82, 2.24) is 10.6 Å². The van der Waals surface area contributed by atoms with Crippen LogP contribution in [0.2, 0.25) is 0 Å². The van der Waals surface area contributed by atoms with Crippen LogP contribution >= 0.6 is 11.8 Å². The summed E-state index contributed by atoms with van der Waals surface area (Å²) in [6.45, 7) is 4.24. The third kappa shape index (κ3) is 3.17. The predicted molar refractivity (Wildman–Crippen MR) is 92.1 cm³/mol. The van der Waals surface area contributed by atoms with E-state index in [1.165, 1.54) is 17.8 Å². The Kier molecular flexibility index (Phi) is 4.62. The van der Waals surface area contributed by atoms with Gasteiger partial charge in [-0.15, -0.1) is 0 Å². The standard InChI is InChI=1S/C17H20FN3O2S/c1-10(12-5-3-4-6-13(12)18)20-16-21-15(23)17(2,24-16)11-7-8-19-14(22)9-11/h3-6,10-11H,7-9H2,1-2H3,(H,19,22)(H,20,21,23)/t10?,11?,17-/m0/s1. The van der Waals surface area contributed by atoms with Gasteiger partial charge in [0.15, 0.2) is 5.17 Å². The number of aliphatic imine (C=N–C) groups is 1. The highest BCUT2D eigenvalue weighted by molar-refractivity contribution is 8.16. The van der Waals surface area contributed by atoms with Gasteiger partial charge in [-0.05, 0) is 32.3 Å². The molecule has 0 radical (unpaired) electrons. The summed E-state index contributed by atoms with van der Waals surface area (Å²) in [5, 5.41) is 6.07. The first-order chi connectivity index (χ1) is 11.4. The number of carbonyl (C=O) groups is 2. The molecule has 3 rings (SSSR count). The molecule has 3 atom stereocenters. The minimum absolute atomic E-state index is 0.0222. The van der Waals surface area contributed by atoms with Crippen LogP contribution in [0.5, 0.6) is 0 Å². The summed E-state index contributed by atoms with van der Waals surface area (Å²) >= 11 is 1.35. The second-order valence-electron chi connectivity index (χ2n) is 6.33. The van der Waals surface area contributed by atoms with Crippen LogP contribution in [-0.4, -0.2) is 28.3 Å². The second kappa shape index (κ2) is 6.55. The molecule has 128 valence electrons. The molecule has 2 saturated heterocycles. The lowest BCUT2D eigenvalue weighted by Crippen LogP contribution is -2.46. The molecule has 0 spiro atoms. The molecule has 0 bridgehead atoms. The normalized spacial score (nSPS) is 30.1. The first kappa shape index (κ1) is 17.0. The molecule has 24 heavy (non-hydrogen) atoms. The van der Waals surface area contributed by atoms with Crippen molar-refractivity contribution in [1.29, 1.82) is 0 Å². The molecule has 2 heterocycles. The lowest BCUT2D eigenvalue weighted by Gasteiger charge is -2.32. The van der Waals surface area contributed by atoms with Crippen LogP contribution in [0.3, 0.4) is 0 Å². The number of hydrogen-bond donors (Lipinski definition) is 2. The van der Waals surface area contributed by atoms with Gasteiger partial charge in [0.25, 0.3) is 0 Å². The Bertz CT molecular complexity index is 709. The van der Waals surface area contributed by atoms with Gasteiger partial charge >= 0.3 is 0 Å². The quantitative estimate of drug-likeness (QED) is 0.880. The number of amides is 2. The fourth-order valence-electron chi connectivity index (χ4n) is 3.13. The van der Waals surface area contributed by atoms with Crippen molar-refractivity contribution in [2.75, 3.05) is 6.54 Å². The number of carbonyl (C=O) groups excluding carboxylic acids is 2. The van der Waals surface area contributed by atoms with E-state index in [-0.39, 0.29) is 23.5 Å². The number of nitrogens with zero attached hydrogens (tertiary/aromatic N) is 1. The molecule has 2 N–H and O–H groups in total. The molecule has 2 aliphatic heterocycles. The smallest absolute Gasteiger partial charge is 0.242 e. The van der Waals surface area contributed by atoms with Gasteiger partial charge in [-0.3, -0.25) is 14.6 Å². The molecule has 2 aliphatic rings. The van der Waals surface area contributed by atoms with E-state index in [2.05, 4.69) is 15.6 Å². The van der Waals surface area contributed by atoms with Gasteiger partial charge in [-0.2, -0.15) is 0 Å². The van der Waals surface area contributed by atoms with Crippen LogP contribution in [0.4, 0.5) is 4.39 Å². The van der Waals surface area contributed by atoms with Crippen LogP contribution in [0.15, 0.2) is 29.3 Å². The number of nitrogens with one attached hydrogen (secondary N) is 2. The number of rotatable bonds is 3. The van der Waals surface area contributed by atoms with Crippen LogP contribution in [0.1, 0.15) is 38.3 Å². The lowest BCUT2D eigenvalue weighted by atomic mass is 9.84. The molecule has 0 aliphatic carbocycles. The average Bonchev–Trinajstić information content (AvgIpc) is 2.83. The molecular weight excluding hydrogens is 329 g/mol. The van der Waals surface area contributed by atoms with E-state index in [4.69, 9.17) is 0 Å². The first-order valence-electron chi connectivity index (χ1n) is 7.99. The van der Waals surface area contributed by atoms with E-state index in [9.17, 15) is 14.0 Å². The number of piperidine rings is 1. The summed E-state index contributed by atoms with van der Waals surface area (Å²) in [4.78, 5) is 28.6. The number of halogens is 1. The van der Waals surface area contributed by atoms with Crippen LogP contribution in [-0.2, 0) is 9.59 Å². The van der Waals surface area contributed by atoms with Gasteiger partial charge in [0.05, 0.1) is 6.04 Å². The minimum atomic E-state index is -0.717. The van der Waals surface area contributed by atoms with Crippen molar-refractivity contribution in [2.24, 2.45) is 10.9 Å². The topological polar surface area (TPSA) is 70.6 Å². The van der Waals surface area contributed by atoms with Crippen molar-refractivity contribution in [2.45, 2.75) is 37.5 Å². The van der Waals surface area contributed by atoms with Crippen molar-refractivity contribution in [3.8, 4) is 0 Å². The molecule has 0 aromatic heterocycles. The fraction of sp³-hybridized carbons (Fsp3) is 0.471. The van der Waals surface area contributed by atoms with Gasteiger partial charge in [0.2, 0.25) is 11.8 Å². The van der Waals surface area contributed by atoms with Crippen LogP contribution in [0.25, 0.3) is 0 Å². The van der Waals surface area contributed by atoms with Crippen molar-refractivity contribution in [3.05, 3.63) is 35.6 Å². The molecule has 2 amide bonds. The number of thioether (sulfide) groups is 1. The molecule has 1 aromatic carbocycles. The van der Waals surface area contributed by atoms with Crippen molar-refractivity contribution >= 4 is 28.7 Å². The Labute approximate surface area is 144 Å². The Morgan fingerprint density at radius 1 is 1.38 bits per heavy atom. The maximum Gasteiger partial charge on any atom is 0.242 e. The third-order valence-corrected chi connectivity index (χ3v) is 6.02. The summed E-state index contributed by atoms with van der Waals surface area (Å²) < 4.78 is 13.2. The highest BCUT2D eigenvalue weighted by atomic mass is 32.2. The first-order valence-corrected chi connectivity index (χ1v) is 8.81. The zero-order chi connectivity index (χ0) is 17.3. The van der Waals surface area contributed by atoms with E-state index >= 15 is 0 Å². The highest BCUT2D eigenvalue weighted by Gasteiger charge is 2.49. The van der Waals surface area contributed by atoms with Gasteiger partial charge in [-0.25, -0.2) is 4.39 Å². The third-order valence-electron chi connectivity index (χ3n) is 4.67. The van der Waals surface area contributed by atoms with E-state index in [1.54, 1.807) is 25.1 Å². The maximum atomic E-state index is 13.9. The molecular formula is C17H20FN3O2S. The summed E-state index contributed by atoms with van der Waals surface area (Å²) in [5.74, 6) is -0.499. The SMILES string of the molecule is CC(N=C1NC(=O)[C@](C)(C2CCNC(=O)C2)S1)c1ccccc1F. The zero-order valence-electron chi connectivity index (χ0n) is 13.6. The molecule has 2 fully saturated rings. The minimum Gasteiger partial charge on any atom is -0.356 e. The van der Waals surface area contributed by atoms with Crippen molar-refractivity contribution < 1.29 is 14.0 Å². The molecule has 7 heteroatoms. The van der Waals surface area contributed by atoms with E-state index in [1.807, 2.05) is 6.92 Å². The summed E-state index contributed by atoms with van der Waals surface area (Å²) in [6.07, 6.45) is 1.10. The van der Waals surface area contributed by atoms with E-state index < -0.39 is 10.8 Å². The molecule has 2 unspecified atom stereocenters. The van der Waals surface area contributed by atoms with Gasteiger partial charge in [0.1, 0.15) is 10.6 Å². The number of hydrogen-bond acceptors (Lipinski definition) is 4. The van der Waals surface area contributed by atoms with Gasteiger partial charge in [-0.1, -0.05) is 30.0 Å². The Morgan fingerprint density at radius 2 is 2.12 bits per heavy atom. The van der Waals surface area contributed by atoms with E-state index in [0.717, 1.165) is 6.42 Å². The summed E-state index contributed by atoms with van der Waals surface area (Å²) in [6, 6.07) is 6.09. The largest absolute Gasteiger partial charge is 0.356 e. The Morgan fingerprint density at radius 3 is 2.83 bits per heavy atom. The van der Waals surface area contributed by atoms with E-state index in [0.29, 0.717) is 23.7 Å². The Hall–Kier alpha value is -1.89. The monoisotopic (exact) mass is 349 g/mol. The zero-order valence-corrected chi connectivity index (χ0v) is 14.5. The lowest BCUT2D eigenvalue weighted by molar-refractivity contribution is -0.126. The highest BCUT2D eigenvalue weighted by Crippen LogP contribution is 2.42. The fourth-order valence-corrected chi connectivity index (χ4v) is 4.40. The second-order valence-corrected chi connectivity index (χ2v) is 7.77. The Balaban J connectivity index is 1.78. The maximum absolute atomic E-state index is 13.9. The predicted octanol–water partition coefficient (Wildman–Crippen LogP) is 2.39. The average molecular weight is 349 g/mol. The van der Waals surface area contributed by atoms with Gasteiger partial charge in [0, 0.05) is 18.5 Å². The van der Waals surface area contributed by atoms with Crippen LogP contribution in [0, 0.1) is 11.7 Å².